The van der Waals surface area contributed by atoms with Gasteiger partial charge in [0.05, 0.1) is 11.6 Å². The number of alkyl halides is 2. The number of hydrogen-bond donors (Lipinski definition) is 1. The number of nitrogens with zero attached hydrogens (tertiary/aromatic N) is 1. The van der Waals surface area contributed by atoms with Crippen LogP contribution >= 0.6 is 0 Å². The van der Waals surface area contributed by atoms with Gasteiger partial charge in [-0.25, -0.2) is 5.10 Å². The van der Waals surface area contributed by atoms with Crippen molar-refractivity contribution in [2.75, 3.05) is 0 Å². The third-order valence-corrected chi connectivity index (χ3v) is 3.15. The molecule has 6 heteroatoms. The summed E-state index contributed by atoms with van der Waals surface area (Å²) < 4.78 is 30.1. The Bertz CT molecular complexity index is 868. The highest BCUT2D eigenvalue weighted by Crippen LogP contribution is 2.27. The normalized spacial score (nSPS) is 11.6. The molecule has 0 aliphatic carbocycles. The molecule has 0 aliphatic heterocycles. The van der Waals surface area contributed by atoms with Crippen LogP contribution in [0.5, 0.6) is 5.75 Å². The van der Waals surface area contributed by atoms with Crippen molar-refractivity contribution in [3.05, 3.63) is 59.0 Å². The summed E-state index contributed by atoms with van der Waals surface area (Å²) >= 11 is 0. The molecular formula is C16H12F2N2O2. The average molecular weight is 302 g/mol. The van der Waals surface area contributed by atoms with Crippen molar-refractivity contribution in [3.8, 4) is 16.9 Å². The highest BCUT2D eigenvalue weighted by atomic mass is 19.3. The first-order chi connectivity index (χ1) is 10.4. The van der Waals surface area contributed by atoms with Gasteiger partial charge in [0.2, 0.25) is 0 Å². The van der Waals surface area contributed by atoms with Crippen LogP contribution in [-0.4, -0.2) is 16.3 Å². The van der Waals surface area contributed by atoms with E-state index in [1.807, 2.05) is 6.07 Å². The highest BCUT2D eigenvalue weighted by Gasteiger charge is 2.22. The van der Waals surface area contributed by atoms with Gasteiger partial charge in [-0.2, -0.15) is 13.9 Å². The van der Waals surface area contributed by atoms with E-state index >= 15 is 0 Å². The van der Waals surface area contributed by atoms with Gasteiger partial charge in [-0.05, 0) is 29.3 Å². The molecule has 0 radical (unpaired) electrons. The Hall–Kier alpha value is -2.76. The van der Waals surface area contributed by atoms with Gasteiger partial charge < -0.3 is 4.74 Å². The molecule has 2 aromatic carbocycles. The lowest BCUT2D eigenvalue weighted by molar-refractivity contribution is -0.158. The van der Waals surface area contributed by atoms with Crippen molar-refractivity contribution in [2.24, 2.45) is 0 Å². The number of ether oxygens (including phenoxy) is 1. The summed E-state index contributed by atoms with van der Waals surface area (Å²) in [6, 6.07) is 11.6. The maximum absolute atomic E-state index is 12.8. The molecule has 0 saturated heterocycles. The molecule has 22 heavy (non-hydrogen) atoms. The van der Waals surface area contributed by atoms with Gasteiger partial charge in [-0.15, -0.1) is 0 Å². The number of aromatic nitrogens is 2. The Morgan fingerprint density at radius 1 is 1.09 bits per heavy atom. The topological polar surface area (TPSA) is 55.0 Å². The summed E-state index contributed by atoms with van der Waals surface area (Å²) in [7, 11) is 0. The molecule has 1 N–H and O–H groups in total. The Morgan fingerprint density at radius 2 is 1.77 bits per heavy atom. The van der Waals surface area contributed by atoms with E-state index in [1.54, 1.807) is 30.5 Å². The molecule has 0 spiro atoms. The summed E-state index contributed by atoms with van der Waals surface area (Å²) in [6.07, 6.45) is -1.65. The molecule has 112 valence electrons. The van der Waals surface area contributed by atoms with E-state index in [-0.39, 0.29) is 11.3 Å². The molecule has 1 heterocycles. The fraction of sp³-hybridized carbons (Fsp3) is 0.125. The molecule has 0 aliphatic rings. The zero-order valence-electron chi connectivity index (χ0n) is 11.6. The first-order valence-corrected chi connectivity index (χ1v) is 6.57. The van der Waals surface area contributed by atoms with Gasteiger partial charge in [0, 0.05) is 12.3 Å². The first-order valence-electron chi connectivity index (χ1n) is 6.57. The van der Waals surface area contributed by atoms with E-state index in [1.165, 1.54) is 12.1 Å². The second-order valence-electron chi connectivity index (χ2n) is 4.94. The fourth-order valence-corrected chi connectivity index (χ4v) is 2.19. The van der Waals surface area contributed by atoms with Crippen molar-refractivity contribution in [1.82, 2.24) is 10.2 Å². The molecule has 1 aromatic heterocycles. The maximum Gasteiger partial charge on any atom is 0.394 e. The summed E-state index contributed by atoms with van der Waals surface area (Å²) in [5, 5.41) is 7.37. The van der Waals surface area contributed by atoms with Crippen LogP contribution in [0, 0.1) is 0 Å². The molecule has 3 aromatic rings. The van der Waals surface area contributed by atoms with Crippen molar-refractivity contribution >= 4 is 10.8 Å². The van der Waals surface area contributed by atoms with Crippen LogP contribution in [0.4, 0.5) is 8.78 Å². The highest BCUT2D eigenvalue weighted by molar-refractivity contribution is 5.85. The van der Waals surface area contributed by atoms with Gasteiger partial charge in [0.1, 0.15) is 5.75 Å². The quantitative estimate of drug-likeness (QED) is 0.804. The van der Waals surface area contributed by atoms with E-state index in [2.05, 4.69) is 14.9 Å². The predicted molar refractivity (Wildman–Crippen MR) is 79.0 cm³/mol. The molecule has 0 amide bonds. The number of fused-ring (bicyclic) bond motifs is 1. The molecule has 0 bridgehead atoms. The SMILES string of the molecule is CC(F)(F)Oc1ccc(-c2ccc3cn[nH]c(=O)c3c2)cc1. The summed E-state index contributed by atoms with van der Waals surface area (Å²) in [5.41, 5.74) is 1.33. The van der Waals surface area contributed by atoms with E-state index in [9.17, 15) is 13.6 Å². The Kier molecular flexibility index (Phi) is 3.36. The van der Waals surface area contributed by atoms with Gasteiger partial charge in [0.25, 0.3) is 5.56 Å². The lowest BCUT2D eigenvalue weighted by Gasteiger charge is -2.13. The Morgan fingerprint density at radius 3 is 2.45 bits per heavy atom. The van der Waals surface area contributed by atoms with E-state index in [4.69, 9.17) is 0 Å². The lowest BCUT2D eigenvalue weighted by atomic mass is 10.0. The first kappa shape index (κ1) is 14.2. The van der Waals surface area contributed by atoms with Crippen LogP contribution in [0.15, 0.2) is 53.5 Å². The third-order valence-electron chi connectivity index (χ3n) is 3.15. The monoisotopic (exact) mass is 302 g/mol. The van der Waals surface area contributed by atoms with E-state index < -0.39 is 6.11 Å². The molecule has 0 saturated carbocycles. The van der Waals surface area contributed by atoms with Crippen molar-refractivity contribution in [1.29, 1.82) is 0 Å². The third kappa shape index (κ3) is 2.95. The number of halogens is 2. The number of nitrogens with one attached hydrogen (secondary N) is 1. The summed E-state index contributed by atoms with van der Waals surface area (Å²) in [5.74, 6) is 0.0825. The van der Waals surface area contributed by atoms with Crippen molar-refractivity contribution in [2.45, 2.75) is 13.0 Å². The van der Waals surface area contributed by atoms with Gasteiger partial charge >= 0.3 is 6.11 Å². The number of aromatic amines is 1. The molecule has 0 atom stereocenters. The predicted octanol–water partition coefficient (Wildman–Crippen LogP) is 3.58. The summed E-state index contributed by atoms with van der Waals surface area (Å²) in [6.45, 7) is 0.685. The zero-order chi connectivity index (χ0) is 15.7. The second-order valence-corrected chi connectivity index (χ2v) is 4.94. The average Bonchev–Trinajstić information content (AvgIpc) is 2.47. The van der Waals surface area contributed by atoms with Crippen LogP contribution in [0.1, 0.15) is 6.92 Å². The van der Waals surface area contributed by atoms with Crippen LogP contribution in [0.2, 0.25) is 0 Å². The standard InChI is InChI=1S/C16H12F2N2O2/c1-16(17,18)22-13-6-4-10(5-7-13)11-2-3-12-9-19-20-15(21)14(12)8-11/h2-9H,1H3,(H,20,21). The smallest absolute Gasteiger partial charge is 0.394 e. The van der Waals surface area contributed by atoms with Crippen LogP contribution < -0.4 is 10.3 Å². The van der Waals surface area contributed by atoms with Crippen LogP contribution in [0.25, 0.3) is 21.9 Å². The minimum atomic E-state index is -3.22. The Labute approximate surface area is 124 Å². The van der Waals surface area contributed by atoms with E-state index in [0.717, 1.165) is 16.5 Å². The molecule has 4 nitrogen and oxygen atoms in total. The molecule has 0 unspecified atom stereocenters. The van der Waals surface area contributed by atoms with Crippen LogP contribution in [-0.2, 0) is 0 Å². The fourth-order valence-electron chi connectivity index (χ4n) is 2.19. The molecule has 3 rings (SSSR count). The van der Waals surface area contributed by atoms with Crippen LogP contribution in [0.3, 0.4) is 0 Å². The zero-order valence-corrected chi connectivity index (χ0v) is 11.6. The maximum atomic E-state index is 12.8. The van der Waals surface area contributed by atoms with Gasteiger partial charge in [-0.1, -0.05) is 24.3 Å². The van der Waals surface area contributed by atoms with E-state index in [0.29, 0.717) is 12.3 Å². The number of hydrogen-bond acceptors (Lipinski definition) is 3. The molecule has 0 fully saturated rings. The summed E-state index contributed by atoms with van der Waals surface area (Å²) in [4.78, 5) is 11.8. The lowest BCUT2D eigenvalue weighted by Crippen LogP contribution is -2.18. The van der Waals surface area contributed by atoms with Gasteiger partial charge in [-0.3, -0.25) is 4.79 Å². The Balaban J connectivity index is 1.97. The van der Waals surface area contributed by atoms with Gasteiger partial charge in [0.15, 0.2) is 0 Å². The van der Waals surface area contributed by atoms with Crippen molar-refractivity contribution in [3.63, 3.8) is 0 Å². The minimum absolute atomic E-state index is 0.0825. The minimum Gasteiger partial charge on any atom is -0.433 e. The largest absolute Gasteiger partial charge is 0.433 e. The van der Waals surface area contributed by atoms with Crippen molar-refractivity contribution < 1.29 is 13.5 Å². The molecular weight excluding hydrogens is 290 g/mol. The number of benzene rings is 2. The second kappa shape index (κ2) is 5.22. The number of H-pyrrole nitrogens is 1. The number of rotatable bonds is 3.